The number of rotatable bonds is 7. The number of benzene rings is 2. The number of nitriles is 1. The SMILES string of the molecule is CCOc1ccccc1Nc1nnc(SCc2cccc(C#N)c2)s1. The number of hydrogen-bond acceptors (Lipinski definition) is 7. The Hall–Kier alpha value is -2.56. The van der Waals surface area contributed by atoms with Crippen LogP contribution >= 0.6 is 23.1 Å². The number of hydrogen-bond donors (Lipinski definition) is 1. The maximum absolute atomic E-state index is 8.96. The molecule has 0 radical (unpaired) electrons. The molecule has 0 aliphatic carbocycles. The molecule has 7 heteroatoms. The number of aromatic nitrogens is 2. The van der Waals surface area contributed by atoms with Crippen LogP contribution in [0, 0.1) is 11.3 Å². The van der Waals surface area contributed by atoms with Gasteiger partial charge >= 0.3 is 0 Å². The van der Waals surface area contributed by atoms with Crippen LogP contribution in [0.25, 0.3) is 0 Å². The van der Waals surface area contributed by atoms with Crippen LogP contribution < -0.4 is 10.1 Å². The summed E-state index contributed by atoms with van der Waals surface area (Å²) in [5.41, 5.74) is 2.64. The highest BCUT2D eigenvalue weighted by molar-refractivity contribution is 8.00. The molecule has 3 aromatic rings. The molecule has 0 saturated carbocycles. The Morgan fingerprint density at radius 3 is 2.92 bits per heavy atom. The van der Waals surface area contributed by atoms with Gasteiger partial charge in [0.15, 0.2) is 4.34 Å². The highest BCUT2D eigenvalue weighted by atomic mass is 32.2. The second-order valence-electron chi connectivity index (χ2n) is 5.03. The zero-order chi connectivity index (χ0) is 17.5. The molecule has 1 N–H and O–H groups in total. The van der Waals surface area contributed by atoms with Gasteiger partial charge in [-0.3, -0.25) is 0 Å². The number of nitrogens with zero attached hydrogens (tertiary/aromatic N) is 3. The molecule has 0 amide bonds. The zero-order valence-electron chi connectivity index (χ0n) is 13.6. The summed E-state index contributed by atoms with van der Waals surface area (Å²) in [7, 11) is 0. The van der Waals surface area contributed by atoms with Gasteiger partial charge < -0.3 is 10.1 Å². The molecule has 25 heavy (non-hydrogen) atoms. The molecule has 1 heterocycles. The lowest BCUT2D eigenvalue weighted by Crippen LogP contribution is -1.97. The number of nitrogens with one attached hydrogen (secondary N) is 1. The third kappa shape index (κ3) is 4.72. The maximum atomic E-state index is 8.96. The predicted octanol–water partition coefficient (Wildman–Crippen LogP) is 4.84. The van der Waals surface area contributed by atoms with E-state index in [1.54, 1.807) is 17.8 Å². The monoisotopic (exact) mass is 368 g/mol. The molecule has 3 rings (SSSR count). The first kappa shape index (κ1) is 17.3. The fraction of sp³-hybridized carbons (Fsp3) is 0.167. The van der Waals surface area contributed by atoms with Gasteiger partial charge in [-0.1, -0.05) is 47.4 Å². The summed E-state index contributed by atoms with van der Waals surface area (Å²) in [6, 6.07) is 17.5. The van der Waals surface area contributed by atoms with Gasteiger partial charge in [0.1, 0.15) is 5.75 Å². The molecular weight excluding hydrogens is 352 g/mol. The van der Waals surface area contributed by atoms with Crippen LogP contribution in [0.3, 0.4) is 0 Å². The smallest absolute Gasteiger partial charge is 0.210 e. The summed E-state index contributed by atoms with van der Waals surface area (Å²) in [6.07, 6.45) is 0. The molecule has 0 aliphatic heterocycles. The number of anilines is 2. The van der Waals surface area contributed by atoms with Crippen molar-refractivity contribution >= 4 is 33.9 Å². The van der Waals surface area contributed by atoms with Gasteiger partial charge in [0.2, 0.25) is 5.13 Å². The van der Waals surface area contributed by atoms with Crippen LogP contribution in [-0.4, -0.2) is 16.8 Å². The average molecular weight is 368 g/mol. The second kappa shape index (κ2) is 8.51. The first-order chi connectivity index (χ1) is 12.3. The Morgan fingerprint density at radius 2 is 2.08 bits per heavy atom. The Bertz CT molecular complexity index is 889. The lowest BCUT2D eigenvalue weighted by Gasteiger charge is -2.09. The van der Waals surface area contributed by atoms with E-state index in [0.29, 0.717) is 12.2 Å². The van der Waals surface area contributed by atoms with Crippen LogP contribution in [0.5, 0.6) is 5.75 Å². The van der Waals surface area contributed by atoms with Crippen LogP contribution in [-0.2, 0) is 5.75 Å². The van der Waals surface area contributed by atoms with Crippen molar-refractivity contribution in [3.63, 3.8) is 0 Å². The van der Waals surface area contributed by atoms with E-state index >= 15 is 0 Å². The summed E-state index contributed by atoms with van der Waals surface area (Å²) in [5.74, 6) is 1.54. The molecule has 126 valence electrons. The molecule has 0 fully saturated rings. The molecule has 2 aromatic carbocycles. The minimum Gasteiger partial charge on any atom is -0.492 e. The quantitative estimate of drug-likeness (QED) is 0.602. The van der Waals surface area contributed by atoms with E-state index in [1.807, 2.05) is 49.4 Å². The Kier molecular flexibility index (Phi) is 5.88. The summed E-state index contributed by atoms with van der Waals surface area (Å²) in [4.78, 5) is 0. The van der Waals surface area contributed by atoms with E-state index in [4.69, 9.17) is 10.00 Å². The summed E-state index contributed by atoms with van der Waals surface area (Å²) in [6.45, 7) is 2.56. The fourth-order valence-corrected chi connectivity index (χ4v) is 3.87. The van der Waals surface area contributed by atoms with E-state index < -0.39 is 0 Å². The number of para-hydroxylation sites is 2. The van der Waals surface area contributed by atoms with Crippen molar-refractivity contribution in [3.05, 3.63) is 59.7 Å². The Labute approximate surface area is 154 Å². The minimum absolute atomic E-state index is 0.609. The van der Waals surface area contributed by atoms with Crippen molar-refractivity contribution in [1.82, 2.24) is 10.2 Å². The van der Waals surface area contributed by atoms with Crippen molar-refractivity contribution < 1.29 is 4.74 Å². The van der Waals surface area contributed by atoms with Gasteiger partial charge in [-0.25, -0.2) is 0 Å². The lowest BCUT2D eigenvalue weighted by molar-refractivity contribution is 0.342. The van der Waals surface area contributed by atoms with E-state index in [1.165, 1.54) is 11.3 Å². The third-order valence-corrected chi connectivity index (χ3v) is 5.30. The van der Waals surface area contributed by atoms with Crippen molar-refractivity contribution in [2.45, 2.75) is 17.0 Å². The molecule has 0 atom stereocenters. The summed E-state index contributed by atoms with van der Waals surface area (Å²) < 4.78 is 6.48. The minimum atomic E-state index is 0.609. The van der Waals surface area contributed by atoms with Crippen molar-refractivity contribution in [2.75, 3.05) is 11.9 Å². The first-order valence-electron chi connectivity index (χ1n) is 7.72. The average Bonchev–Trinajstić information content (AvgIpc) is 3.09. The Balaban J connectivity index is 1.64. The molecule has 5 nitrogen and oxygen atoms in total. The normalized spacial score (nSPS) is 10.2. The van der Waals surface area contributed by atoms with Gasteiger partial charge in [-0.2, -0.15) is 5.26 Å². The van der Waals surface area contributed by atoms with Gasteiger partial charge in [0, 0.05) is 5.75 Å². The third-order valence-electron chi connectivity index (χ3n) is 3.25. The van der Waals surface area contributed by atoms with Crippen LogP contribution in [0.4, 0.5) is 10.8 Å². The van der Waals surface area contributed by atoms with E-state index in [9.17, 15) is 0 Å². The molecule has 0 unspecified atom stereocenters. The molecule has 1 aromatic heterocycles. The van der Waals surface area contributed by atoms with Crippen molar-refractivity contribution in [2.24, 2.45) is 0 Å². The molecule has 0 spiro atoms. The van der Waals surface area contributed by atoms with Crippen LogP contribution in [0.15, 0.2) is 52.9 Å². The molecule has 0 saturated heterocycles. The second-order valence-corrected chi connectivity index (χ2v) is 7.23. The fourth-order valence-electron chi connectivity index (χ4n) is 2.16. The van der Waals surface area contributed by atoms with Crippen LogP contribution in [0.2, 0.25) is 0 Å². The topological polar surface area (TPSA) is 70.8 Å². The van der Waals surface area contributed by atoms with Gasteiger partial charge in [-0.15, -0.1) is 10.2 Å². The molecule has 0 aliphatic rings. The van der Waals surface area contributed by atoms with Gasteiger partial charge in [0.05, 0.1) is 23.9 Å². The van der Waals surface area contributed by atoms with Crippen molar-refractivity contribution in [3.8, 4) is 11.8 Å². The number of ether oxygens (including phenoxy) is 1. The summed E-state index contributed by atoms with van der Waals surface area (Å²) >= 11 is 3.10. The standard InChI is InChI=1S/C18H16N4OS2/c1-2-23-16-9-4-3-8-15(16)20-17-21-22-18(25-17)24-12-14-7-5-6-13(10-14)11-19/h3-10H,2,12H2,1H3,(H,20,21). The van der Waals surface area contributed by atoms with Gasteiger partial charge in [-0.05, 0) is 36.8 Å². The molecular formula is C18H16N4OS2. The van der Waals surface area contributed by atoms with E-state index in [-0.39, 0.29) is 0 Å². The summed E-state index contributed by atoms with van der Waals surface area (Å²) in [5, 5.41) is 21.3. The molecule has 0 bridgehead atoms. The lowest BCUT2D eigenvalue weighted by atomic mass is 10.2. The predicted molar refractivity (Wildman–Crippen MR) is 102 cm³/mol. The maximum Gasteiger partial charge on any atom is 0.210 e. The van der Waals surface area contributed by atoms with E-state index in [0.717, 1.165) is 32.2 Å². The highest BCUT2D eigenvalue weighted by Crippen LogP contribution is 2.32. The zero-order valence-corrected chi connectivity index (χ0v) is 15.2. The van der Waals surface area contributed by atoms with Gasteiger partial charge in [0.25, 0.3) is 0 Å². The highest BCUT2D eigenvalue weighted by Gasteiger charge is 2.08. The van der Waals surface area contributed by atoms with Crippen LogP contribution in [0.1, 0.15) is 18.1 Å². The van der Waals surface area contributed by atoms with Crippen molar-refractivity contribution in [1.29, 1.82) is 5.26 Å². The largest absolute Gasteiger partial charge is 0.492 e. The Morgan fingerprint density at radius 1 is 1.20 bits per heavy atom. The first-order valence-corrected chi connectivity index (χ1v) is 9.53. The number of thioether (sulfide) groups is 1. The van der Waals surface area contributed by atoms with E-state index in [2.05, 4.69) is 21.6 Å².